The lowest BCUT2D eigenvalue weighted by Crippen LogP contribution is -1.99. The third kappa shape index (κ3) is 2.87. The molecule has 0 unspecified atom stereocenters. The number of nitrogens with two attached hydrogens (primary N) is 1. The van der Waals surface area contributed by atoms with Gasteiger partial charge in [-0.15, -0.1) is 0 Å². The fourth-order valence-electron chi connectivity index (χ4n) is 1.63. The van der Waals surface area contributed by atoms with Crippen molar-refractivity contribution in [3.63, 3.8) is 0 Å². The molecule has 17 heavy (non-hydrogen) atoms. The molecule has 0 aliphatic carbocycles. The summed E-state index contributed by atoms with van der Waals surface area (Å²) in [6.45, 7) is 2.38. The van der Waals surface area contributed by atoms with Crippen molar-refractivity contribution >= 4 is 11.8 Å². The lowest BCUT2D eigenvalue weighted by molar-refractivity contribution is 0.597. The quantitative estimate of drug-likeness (QED) is 0.894. The molecule has 0 bridgehead atoms. The second kappa shape index (κ2) is 5.34. The molecule has 88 valence electrons. The largest absolute Gasteiger partial charge is 0.326 e. The van der Waals surface area contributed by atoms with Gasteiger partial charge in [0.25, 0.3) is 0 Å². The van der Waals surface area contributed by atoms with Gasteiger partial charge in [0.2, 0.25) is 0 Å². The third-order valence-corrected chi connectivity index (χ3v) is 3.63. The van der Waals surface area contributed by atoms with E-state index in [1.807, 2.05) is 37.3 Å². The highest BCUT2D eigenvalue weighted by Crippen LogP contribution is 2.32. The van der Waals surface area contributed by atoms with Crippen LogP contribution in [-0.4, -0.2) is 0 Å². The Bertz CT molecular complexity index is 525. The molecule has 0 fully saturated rings. The zero-order chi connectivity index (χ0) is 12.3. The minimum absolute atomic E-state index is 0.209. The monoisotopic (exact) mass is 247 g/mol. The highest BCUT2D eigenvalue weighted by atomic mass is 32.2. The zero-order valence-corrected chi connectivity index (χ0v) is 10.4. The van der Waals surface area contributed by atoms with Crippen LogP contribution in [0.15, 0.2) is 52.3 Å². The van der Waals surface area contributed by atoms with Crippen LogP contribution in [0.5, 0.6) is 0 Å². The molecule has 0 saturated heterocycles. The molecule has 0 atom stereocenters. The Morgan fingerprint density at radius 3 is 2.65 bits per heavy atom. The van der Waals surface area contributed by atoms with E-state index in [1.54, 1.807) is 6.07 Å². The van der Waals surface area contributed by atoms with Crippen molar-refractivity contribution in [1.29, 1.82) is 0 Å². The second-order valence-corrected chi connectivity index (χ2v) is 4.93. The van der Waals surface area contributed by atoms with Crippen LogP contribution in [0.3, 0.4) is 0 Å². The van der Waals surface area contributed by atoms with Crippen molar-refractivity contribution in [2.45, 2.75) is 23.3 Å². The van der Waals surface area contributed by atoms with E-state index in [-0.39, 0.29) is 5.82 Å². The Kier molecular flexibility index (Phi) is 3.82. The summed E-state index contributed by atoms with van der Waals surface area (Å²) in [7, 11) is 0. The van der Waals surface area contributed by atoms with E-state index in [4.69, 9.17) is 5.73 Å². The van der Waals surface area contributed by atoms with Crippen molar-refractivity contribution in [3.05, 3.63) is 59.4 Å². The molecule has 0 radical (unpaired) electrons. The van der Waals surface area contributed by atoms with Gasteiger partial charge in [-0.05, 0) is 30.7 Å². The molecule has 3 heteroatoms. The van der Waals surface area contributed by atoms with Crippen LogP contribution in [0.1, 0.15) is 11.1 Å². The fourth-order valence-corrected chi connectivity index (χ4v) is 2.70. The summed E-state index contributed by atoms with van der Waals surface area (Å²) < 4.78 is 13.7. The average Bonchev–Trinajstić information content (AvgIpc) is 2.32. The van der Waals surface area contributed by atoms with Crippen molar-refractivity contribution in [2.24, 2.45) is 5.73 Å². The van der Waals surface area contributed by atoms with Crippen molar-refractivity contribution in [3.8, 4) is 0 Å². The maximum absolute atomic E-state index is 13.7. The molecular weight excluding hydrogens is 233 g/mol. The third-order valence-electron chi connectivity index (χ3n) is 2.48. The van der Waals surface area contributed by atoms with E-state index in [2.05, 4.69) is 0 Å². The predicted molar refractivity (Wildman–Crippen MR) is 69.6 cm³/mol. The summed E-state index contributed by atoms with van der Waals surface area (Å²) >= 11 is 1.42. The van der Waals surface area contributed by atoms with Crippen LogP contribution in [-0.2, 0) is 6.54 Å². The molecule has 2 N–H and O–H groups in total. The topological polar surface area (TPSA) is 26.0 Å². The van der Waals surface area contributed by atoms with Crippen molar-refractivity contribution in [1.82, 2.24) is 0 Å². The van der Waals surface area contributed by atoms with Gasteiger partial charge in [-0.2, -0.15) is 0 Å². The smallest absolute Gasteiger partial charge is 0.137 e. The second-order valence-electron chi connectivity index (χ2n) is 3.85. The Balaban J connectivity index is 2.35. The first-order chi connectivity index (χ1) is 8.20. The summed E-state index contributed by atoms with van der Waals surface area (Å²) in [6, 6.07) is 13.0. The number of benzene rings is 2. The van der Waals surface area contributed by atoms with Crippen LogP contribution in [0.4, 0.5) is 4.39 Å². The van der Waals surface area contributed by atoms with Gasteiger partial charge in [0.15, 0.2) is 0 Å². The van der Waals surface area contributed by atoms with Crippen LogP contribution in [0.2, 0.25) is 0 Å². The van der Waals surface area contributed by atoms with E-state index >= 15 is 0 Å². The molecule has 0 heterocycles. The first-order valence-corrected chi connectivity index (χ1v) is 6.24. The zero-order valence-electron chi connectivity index (χ0n) is 9.61. The molecular formula is C14H14FNS. The summed E-state index contributed by atoms with van der Waals surface area (Å²) in [5.41, 5.74) is 7.63. The first-order valence-electron chi connectivity index (χ1n) is 5.42. The van der Waals surface area contributed by atoms with Gasteiger partial charge in [0.1, 0.15) is 5.82 Å². The van der Waals surface area contributed by atoms with Crippen LogP contribution in [0.25, 0.3) is 0 Å². The lowest BCUT2D eigenvalue weighted by Gasteiger charge is -2.08. The van der Waals surface area contributed by atoms with Gasteiger partial charge in [-0.25, -0.2) is 4.39 Å². The molecule has 0 saturated carbocycles. The Hall–Kier alpha value is -1.32. The molecule has 1 nitrogen and oxygen atoms in total. The molecule has 0 spiro atoms. The first kappa shape index (κ1) is 12.1. The van der Waals surface area contributed by atoms with Crippen LogP contribution >= 0.6 is 11.8 Å². The van der Waals surface area contributed by atoms with Gasteiger partial charge in [0.05, 0.1) is 4.90 Å². The van der Waals surface area contributed by atoms with Gasteiger partial charge >= 0.3 is 0 Å². The maximum atomic E-state index is 13.7. The summed E-state index contributed by atoms with van der Waals surface area (Å²) in [5.74, 6) is -0.209. The number of rotatable bonds is 3. The highest BCUT2D eigenvalue weighted by molar-refractivity contribution is 7.99. The number of aryl methyl sites for hydroxylation is 1. The van der Waals surface area contributed by atoms with E-state index in [0.29, 0.717) is 11.4 Å². The Labute approximate surface area is 105 Å². The highest BCUT2D eigenvalue weighted by Gasteiger charge is 2.08. The van der Waals surface area contributed by atoms with E-state index in [0.717, 1.165) is 10.5 Å². The normalized spacial score (nSPS) is 10.5. The number of hydrogen-bond acceptors (Lipinski definition) is 2. The molecule has 2 aromatic rings. The van der Waals surface area contributed by atoms with Gasteiger partial charge in [-0.1, -0.05) is 41.6 Å². The molecule has 0 aliphatic rings. The SMILES string of the molecule is Cc1cccc(Sc2c(F)cccc2CN)c1. The standard InChI is InChI=1S/C14H14FNS/c1-10-4-2-6-12(8-10)17-14-11(9-16)5-3-7-13(14)15/h2-8H,9,16H2,1H3. The van der Waals surface area contributed by atoms with Gasteiger partial charge < -0.3 is 5.73 Å². The van der Waals surface area contributed by atoms with Crippen LogP contribution in [0, 0.1) is 12.7 Å². The summed E-state index contributed by atoms with van der Waals surface area (Å²) in [5, 5.41) is 0. The van der Waals surface area contributed by atoms with E-state index in [9.17, 15) is 4.39 Å². The average molecular weight is 247 g/mol. The van der Waals surface area contributed by atoms with Gasteiger partial charge in [0, 0.05) is 11.4 Å². The van der Waals surface area contributed by atoms with Gasteiger partial charge in [-0.3, -0.25) is 0 Å². The van der Waals surface area contributed by atoms with Crippen molar-refractivity contribution < 1.29 is 4.39 Å². The minimum Gasteiger partial charge on any atom is -0.326 e. The molecule has 0 aromatic heterocycles. The molecule has 2 rings (SSSR count). The summed E-state index contributed by atoms with van der Waals surface area (Å²) in [6.07, 6.45) is 0. The molecule has 2 aromatic carbocycles. The fraction of sp³-hybridized carbons (Fsp3) is 0.143. The number of hydrogen-bond donors (Lipinski definition) is 1. The maximum Gasteiger partial charge on any atom is 0.137 e. The van der Waals surface area contributed by atoms with E-state index in [1.165, 1.54) is 23.4 Å². The summed E-state index contributed by atoms with van der Waals surface area (Å²) in [4.78, 5) is 1.66. The molecule has 0 aliphatic heterocycles. The van der Waals surface area contributed by atoms with Crippen LogP contribution < -0.4 is 5.73 Å². The lowest BCUT2D eigenvalue weighted by atomic mass is 10.2. The number of halogens is 1. The minimum atomic E-state index is -0.209. The predicted octanol–water partition coefficient (Wildman–Crippen LogP) is 3.74. The van der Waals surface area contributed by atoms with E-state index < -0.39 is 0 Å². The molecule has 0 amide bonds. The Morgan fingerprint density at radius 1 is 1.18 bits per heavy atom. The Morgan fingerprint density at radius 2 is 1.94 bits per heavy atom. The van der Waals surface area contributed by atoms with Crippen molar-refractivity contribution in [2.75, 3.05) is 0 Å².